The maximum absolute atomic E-state index is 12.5. The number of benzene rings is 1. The van der Waals surface area contributed by atoms with E-state index in [9.17, 15) is 9.59 Å². The van der Waals surface area contributed by atoms with Crippen LogP contribution in [0.2, 0.25) is 0 Å². The van der Waals surface area contributed by atoms with Crippen molar-refractivity contribution in [3.8, 4) is 0 Å². The highest BCUT2D eigenvalue weighted by Crippen LogP contribution is 2.13. The molecule has 0 bridgehead atoms. The molecule has 3 rings (SSSR count). The summed E-state index contributed by atoms with van der Waals surface area (Å²) >= 11 is 2.98. The largest absolute Gasteiger partial charge is 0.317 e. The van der Waals surface area contributed by atoms with E-state index in [0.29, 0.717) is 5.56 Å². The molecule has 7 heteroatoms. The van der Waals surface area contributed by atoms with Crippen LogP contribution in [-0.2, 0) is 4.79 Å². The molecule has 0 atom stereocenters. The van der Waals surface area contributed by atoms with Crippen LogP contribution in [-0.4, -0.2) is 18.0 Å². The molecular formula is C19H15N3O2S2. The summed E-state index contributed by atoms with van der Waals surface area (Å²) in [5, 5.41) is 10.4. The Morgan fingerprint density at radius 1 is 0.885 bits per heavy atom. The molecule has 0 aliphatic rings. The highest BCUT2D eigenvalue weighted by Gasteiger charge is 2.14. The van der Waals surface area contributed by atoms with Gasteiger partial charge >= 0.3 is 0 Å². The van der Waals surface area contributed by atoms with Crippen molar-refractivity contribution in [1.29, 1.82) is 0 Å². The molecule has 2 N–H and O–H groups in total. The molecule has 2 aromatic heterocycles. The van der Waals surface area contributed by atoms with E-state index in [1.54, 1.807) is 36.6 Å². The van der Waals surface area contributed by atoms with Crippen LogP contribution in [0, 0.1) is 0 Å². The quantitative estimate of drug-likeness (QED) is 0.388. The van der Waals surface area contributed by atoms with Crippen molar-refractivity contribution in [1.82, 2.24) is 10.7 Å². The van der Waals surface area contributed by atoms with E-state index in [-0.39, 0.29) is 11.6 Å². The average Bonchev–Trinajstić information content (AvgIpc) is 3.36. The molecule has 0 saturated carbocycles. The van der Waals surface area contributed by atoms with E-state index >= 15 is 0 Å². The molecule has 0 radical (unpaired) electrons. The lowest BCUT2D eigenvalue weighted by Gasteiger charge is -2.08. The molecule has 0 unspecified atom stereocenters. The second kappa shape index (κ2) is 8.89. The van der Waals surface area contributed by atoms with E-state index in [4.69, 9.17) is 0 Å². The van der Waals surface area contributed by atoms with Crippen LogP contribution in [0.25, 0.3) is 6.08 Å². The highest BCUT2D eigenvalue weighted by atomic mass is 32.1. The number of carbonyl (C=O) groups excluding carboxylic acids is 2. The molecule has 5 nitrogen and oxygen atoms in total. The van der Waals surface area contributed by atoms with Gasteiger partial charge in [-0.2, -0.15) is 5.10 Å². The minimum Gasteiger partial charge on any atom is -0.317 e. The lowest BCUT2D eigenvalue weighted by molar-refractivity contribution is -0.117. The summed E-state index contributed by atoms with van der Waals surface area (Å²) in [6, 6.07) is 16.3. The molecule has 2 amide bonds. The summed E-state index contributed by atoms with van der Waals surface area (Å²) in [5.41, 5.74) is 3.05. The first-order valence-electron chi connectivity index (χ1n) is 7.71. The number of amides is 2. The Hall–Kier alpha value is -3.03. The molecule has 0 fully saturated rings. The minimum atomic E-state index is -0.490. The number of hydrogen-bond donors (Lipinski definition) is 2. The number of hydrogen-bond acceptors (Lipinski definition) is 5. The number of nitrogens with one attached hydrogen (secondary N) is 2. The zero-order valence-electron chi connectivity index (χ0n) is 13.6. The molecular weight excluding hydrogens is 366 g/mol. The number of nitrogens with zero attached hydrogens (tertiary/aromatic N) is 1. The number of thiophene rings is 2. The first kappa shape index (κ1) is 17.8. The summed E-state index contributed by atoms with van der Waals surface area (Å²) in [6.45, 7) is 0. The van der Waals surface area contributed by atoms with Crippen molar-refractivity contribution in [2.75, 3.05) is 0 Å². The third-order valence-electron chi connectivity index (χ3n) is 3.26. The van der Waals surface area contributed by atoms with E-state index < -0.39 is 5.91 Å². The Morgan fingerprint density at radius 3 is 2.23 bits per heavy atom. The van der Waals surface area contributed by atoms with E-state index in [1.807, 2.05) is 41.1 Å². The first-order valence-corrected chi connectivity index (χ1v) is 9.47. The van der Waals surface area contributed by atoms with Crippen LogP contribution in [0.5, 0.6) is 0 Å². The third-order valence-corrected chi connectivity index (χ3v) is 4.89. The van der Waals surface area contributed by atoms with Crippen molar-refractivity contribution < 1.29 is 9.59 Å². The van der Waals surface area contributed by atoms with Crippen molar-refractivity contribution in [2.24, 2.45) is 5.10 Å². The Kier molecular flexibility index (Phi) is 6.08. The van der Waals surface area contributed by atoms with Gasteiger partial charge in [0.05, 0.1) is 6.21 Å². The van der Waals surface area contributed by atoms with E-state index in [1.165, 1.54) is 22.7 Å². The van der Waals surface area contributed by atoms with Gasteiger partial charge in [-0.1, -0.05) is 30.3 Å². The number of hydrazone groups is 1. The Morgan fingerprint density at radius 2 is 1.58 bits per heavy atom. The van der Waals surface area contributed by atoms with Gasteiger partial charge in [0.1, 0.15) is 5.70 Å². The highest BCUT2D eigenvalue weighted by molar-refractivity contribution is 7.11. The van der Waals surface area contributed by atoms with E-state index in [2.05, 4.69) is 15.8 Å². The lowest BCUT2D eigenvalue weighted by atomic mass is 10.2. The molecule has 0 saturated heterocycles. The van der Waals surface area contributed by atoms with Gasteiger partial charge in [-0.25, -0.2) is 5.43 Å². The topological polar surface area (TPSA) is 70.6 Å². The van der Waals surface area contributed by atoms with Crippen LogP contribution in [0.4, 0.5) is 0 Å². The first-order chi connectivity index (χ1) is 12.7. The Bertz CT molecular complexity index is 915. The Labute approximate surface area is 158 Å². The van der Waals surface area contributed by atoms with Crippen LogP contribution in [0.3, 0.4) is 0 Å². The van der Waals surface area contributed by atoms with Gasteiger partial charge in [-0.05, 0) is 41.1 Å². The maximum Gasteiger partial charge on any atom is 0.287 e. The average molecular weight is 381 g/mol. The maximum atomic E-state index is 12.5. The van der Waals surface area contributed by atoms with Gasteiger partial charge in [0.15, 0.2) is 0 Å². The van der Waals surface area contributed by atoms with Gasteiger partial charge in [0.2, 0.25) is 0 Å². The SMILES string of the molecule is O=C(N/N=C/c1cccs1)/C(=C/c1cccs1)NC(=O)c1ccccc1. The predicted molar refractivity (Wildman–Crippen MR) is 106 cm³/mol. The molecule has 0 spiro atoms. The fourth-order valence-corrected chi connectivity index (χ4v) is 3.28. The van der Waals surface area contributed by atoms with Crippen LogP contribution < -0.4 is 10.7 Å². The van der Waals surface area contributed by atoms with Gasteiger partial charge in [-0.15, -0.1) is 22.7 Å². The van der Waals surface area contributed by atoms with E-state index in [0.717, 1.165) is 9.75 Å². The number of rotatable bonds is 6. The normalized spacial score (nSPS) is 11.5. The summed E-state index contributed by atoms with van der Waals surface area (Å²) in [7, 11) is 0. The predicted octanol–water partition coefficient (Wildman–Crippen LogP) is 3.73. The molecule has 130 valence electrons. The zero-order chi connectivity index (χ0) is 18.2. The standard InChI is InChI=1S/C19H15N3O2S2/c23-18(14-6-2-1-3-7-14)21-17(12-15-8-4-10-25-15)19(24)22-20-13-16-9-5-11-26-16/h1-13H,(H,21,23)(H,22,24)/b17-12-,20-13+. The summed E-state index contributed by atoms with van der Waals surface area (Å²) in [5.74, 6) is -0.846. The molecule has 1 aromatic carbocycles. The fraction of sp³-hybridized carbons (Fsp3) is 0. The second-order valence-electron chi connectivity index (χ2n) is 5.11. The summed E-state index contributed by atoms with van der Waals surface area (Å²) < 4.78 is 0. The molecule has 2 heterocycles. The minimum absolute atomic E-state index is 0.129. The molecule has 3 aromatic rings. The van der Waals surface area contributed by atoms with Crippen molar-refractivity contribution in [2.45, 2.75) is 0 Å². The van der Waals surface area contributed by atoms with Crippen LogP contribution >= 0.6 is 22.7 Å². The van der Waals surface area contributed by atoms with Gasteiger partial charge in [0, 0.05) is 15.3 Å². The summed E-state index contributed by atoms with van der Waals surface area (Å²) in [4.78, 5) is 26.6. The zero-order valence-corrected chi connectivity index (χ0v) is 15.2. The lowest BCUT2D eigenvalue weighted by Crippen LogP contribution is -2.32. The van der Waals surface area contributed by atoms with Gasteiger partial charge < -0.3 is 5.32 Å². The van der Waals surface area contributed by atoms with Gasteiger partial charge in [-0.3, -0.25) is 9.59 Å². The number of carbonyl (C=O) groups is 2. The molecule has 26 heavy (non-hydrogen) atoms. The van der Waals surface area contributed by atoms with Crippen LogP contribution in [0.1, 0.15) is 20.1 Å². The Balaban J connectivity index is 1.75. The van der Waals surface area contributed by atoms with Crippen molar-refractivity contribution in [3.05, 3.63) is 86.4 Å². The molecule has 0 aliphatic heterocycles. The summed E-state index contributed by atoms with van der Waals surface area (Å²) in [6.07, 6.45) is 3.19. The fourth-order valence-electron chi connectivity index (χ4n) is 2.04. The van der Waals surface area contributed by atoms with Crippen molar-refractivity contribution in [3.63, 3.8) is 0 Å². The smallest absolute Gasteiger partial charge is 0.287 e. The molecule has 0 aliphatic carbocycles. The monoisotopic (exact) mass is 381 g/mol. The van der Waals surface area contributed by atoms with Crippen LogP contribution in [0.15, 0.2) is 76.2 Å². The van der Waals surface area contributed by atoms with Crippen molar-refractivity contribution >= 4 is 46.8 Å². The second-order valence-corrected chi connectivity index (χ2v) is 7.07. The third kappa shape index (κ3) is 4.98. The van der Waals surface area contributed by atoms with Gasteiger partial charge in [0.25, 0.3) is 11.8 Å².